The Morgan fingerprint density at radius 2 is 1.84 bits per heavy atom. The molecule has 0 radical (unpaired) electrons. The predicted octanol–water partition coefficient (Wildman–Crippen LogP) is 1.21. The van der Waals surface area contributed by atoms with Gasteiger partial charge in [0.2, 0.25) is 5.91 Å². The molecule has 5 heteroatoms. The van der Waals surface area contributed by atoms with Crippen molar-refractivity contribution in [1.29, 1.82) is 0 Å². The molecule has 3 atom stereocenters. The summed E-state index contributed by atoms with van der Waals surface area (Å²) in [5.41, 5.74) is 7.39. The minimum absolute atomic E-state index is 0.0593. The number of nitrogens with two attached hydrogens (primary N) is 1. The molecule has 3 rings (SSSR count). The first-order chi connectivity index (χ1) is 12.1. The molecule has 2 aliphatic heterocycles. The van der Waals surface area contributed by atoms with Gasteiger partial charge in [0.25, 0.3) is 0 Å². The number of carbonyl (C=O) groups excluding carboxylic acids is 1. The standard InChI is InChI=1S/C20H32N4O/c1-3-22-9-11-23(12-10-22)20(25)16(2)24-14-18(13-21)19(15-24)17-7-5-4-6-8-17/h4-8,16,18-19H,3,9-15,21H2,1-2H3/t16?,18-,19+/m1/s1. The Bertz CT molecular complexity index is 556. The second-order valence-corrected chi connectivity index (χ2v) is 7.40. The van der Waals surface area contributed by atoms with Gasteiger partial charge in [-0.05, 0) is 31.5 Å². The van der Waals surface area contributed by atoms with Gasteiger partial charge in [-0.1, -0.05) is 37.3 Å². The van der Waals surface area contributed by atoms with Crippen LogP contribution in [0.3, 0.4) is 0 Å². The van der Waals surface area contributed by atoms with Gasteiger partial charge in [0.15, 0.2) is 0 Å². The lowest BCUT2D eigenvalue weighted by molar-refractivity contribution is -0.137. The molecule has 25 heavy (non-hydrogen) atoms. The highest BCUT2D eigenvalue weighted by atomic mass is 16.2. The normalized spacial score (nSPS) is 26.8. The first-order valence-corrected chi connectivity index (χ1v) is 9.64. The van der Waals surface area contributed by atoms with Crippen molar-refractivity contribution in [2.24, 2.45) is 11.7 Å². The Balaban J connectivity index is 1.62. The lowest BCUT2D eigenvalue weighted by Gasteiger charge is -2.37. The zero-order chi connectivity index (χ0) is 17.8. The van der Waals surface area contributed by atoms with Gasteiger partial charge >= 0.3 is 0 Å². The fraction of sp³-hybridized carbons (Fsp3) is 0.650. The molecule has 2 fully saturated rings. The largest absolute Gasteiger partial charge is 0.339 e. The summed E-state index contributed by atoms with van der Waals surface area (Å²) in [6, 6.07) is 10.5. The molecule has 0 spiro atoms. The average Bonchev–Trinajstić information content (AvgIpc) is 3.12. The molecule has 1 amide bonds. The van der Waals surface area contributed by atoms with Crippen LogP contribution in [0, 0.1) is 5.92 Å². The van der Waals surface area contributed by atoms with Crippen molar-refractivity contribution >= 4 is 5.91 Å². The number of rotatable bonds is 5. The maximum atomic E-state index is 13.0. The summed E-state index contributed by atoms with van der Waals surface area (Å²) in [6.07, 6.45) is 0. The quantitative estimate of drug-likeness (QED) is 0.872. The van der Waals surface area contributed by atoms with Crippen LogP contribution in [0.5, 0.6) is 0 Å². The number of nitrogens with zero attached hydrogens (tertiary/aromatic N) is 3. The van der Waals surface area contributed by atoms with E-state index < -0.39 is 0 Å². The molecular weight excluding hydrogens is 312 g/mol. The number of piperazine rings is 1. The summed E-state index contributed by atoms with van der Waals surface area (Å²) in [5, 5.41) is 0. The van der Waals surface area contributed by atoms with E-state index in [9.17, 15) is 4.79 Å². The van der Waals surface area contributed by atoms with E-state index in [0.717, 1.165) is 45.8 Å². The van der Waals surface area contributed by atoms with E-state index in [4.69, 9.17) is 5.73 Å². The summed E-state index contributed by atoms with van der Waals surface area (Å²) in [7, 11) is 0. The average molecular weight is 345 g/mol. The third kappa shape index (κ3) is 4.05. The third-order valence-corrected chi connectivity index (χ3v) is 6.04. The number of likely N-dealkylation sites (N-methyl/N-ethyl adjacent to an activating group) is 1. The third-order valence-electron chi connectivity index (χ3n) is 6.04. The van der Waals surface area contributed by atoms with E-state index in [2.05, 4.69) is 54.0 Å². The molecule has 1 aromatic rings. The maximum absolute atomic E-state index is 13.0. The van der Waals surface area contributed by atoms with Gasteiger partial charge in [0.1, 0.15) is 0 Å². The summed E-state index contributed by atoms with van der Waals surface area (Å²) in [4.78, 5) is 19.7. The molecule has 1 aromatic carbocycles. The van der Waals surface area contributed by atoms with Crippen molar-refractivity contribution in [3.63, 3.8) is 0 Å². The van der Waals surface area contributed by atoms with E-state index in [0.29, 0.717) is 18.4 Å². The van der Waals surface area contributed by atoms with Crippen LogP contribution in [0.1, 0.15) is 25.3 Å². The van der Waals surface area contributed by atoms with Crippen LogP contribution in [0.4, 0.5) is 0 Å². The number of hydrogen-bond acceptors (Lipinski definition) is 4. The van der Waals surface area contributed by atoms with E-state index in [1.807, 2.05) is 4.90 Å². The van der Waals surface area contributed by atoms with Crippen LogP contribution < -0.4 is 5.73 Å². The number of hydrogen-bond donors (Lipinski definition) is 1. The van der Waals surface area contributed by atoms with Crippen LogP contribution in [0.15, 0.2) is 30.3 Å². The minimum atomic E-state index is -0.0593. The molecule has 0 aliphatic carbocycles. The number of likely N-dealkylation sites (tertiary alicyclic amines) is 1. The Labute approximate surface area is 151 Å². The number of carbonyl (C=O) groups is 1. The van der Waals surface area contributed by atoms with Crippen LogP contribution >= 0.6 is 0 Å². The Morgan fingerprint density at radius 1 is 1.16 bits per heavy atom. The first kappa shape index (κ1) is 18.4. The van der Waals surface area contributed by atoms with Gasteiger partial charge < -0.3 is 15.5 Å². The monoisotopic (exact) mass is 344 g/mol. The molecule has 0 saturated carbocycles. The Hall–Kier alpha value is -1.43. The molecule has 0 bridgehead atoms. The Morgan fingerprint density at radius 3 is 2.44 bits per heavy atom. The van der Waals surface area contributed by atoms with Crippen molar-refractivity contribution in [2.75, 3.05) is 52.4 Å². The lowest BCUT2D eigenvalue weighted by atomic mass is 9.89. The fourth-order valence-corrected chi connectivity index (χ4v) is 4.24. The molecule has 1 unspecified atom stereocenters. The molecule has 5 nitrogen and oxygen atoms in total. The summed E-state index contributed by atoms with van der Waals surface area (Å²) >= 11 is 0. The summed E-state index contributed by atoms with van der Waals surface area (Å²) in [5.74, 6) is 1.13. The molecule has 2 heterocycles. The highest BCUT2D eigenvalue weighted by molar-refractivity contribution is 5.81. The van der Waals surface area contributed by atoms with Gasteiger partial charge in [-0.3, -0.25) is 9.69 Å². The minimum Gasteiger partial charge on any atom is -0.339 e. The van der Waals surface area contributed by atoms with Gasteiger partial charge in [-0.15, -0.1) is 0 Å². The summed E-state index contributed by atoms with van der Waals surface area (Å²) in [6.45, 7) is 11.5. The summed E-state index contributed by atoms with van der Waals surface area (Å²) < 4.78 is 0. The van der Waals surface area contributed by atoms with E-state index >= 15 is 0 Å². The van der Waals surface area contributed by atoms with Gasteiger partial charge in [0, 0.05) is 45.2 Å². The van der Waals surface area contributed by atoms with E-state index in [1.165, 1.54) is 5.56 Å². The molecular formula is C20H32N4O. The smallest absolute Gasteiger partial charge is 0.239 e. The zero-order valence-corrected chi connectivity index (χ0v) is 15.6. The molecule has 2 aliphatic rings. The lowest BCUT2D eigenvalue weighted by Crippen LogP contribution is -2.53. The molecule has 138 valence electrons. The topological polar surface area (TPSA) is 52.8 Å². The van der Waals surface area contributed by atoms with Crippen molar-refractivity contribution in [2.45, 2.75) is 25.8 Å². The first-order valence-electron chi connectivity index (χ1n) is 9.64. The zero-order valence-electron chi connectivity index (χ0n) is 15.6. The van der Waals surface area contributed by atoms with Crippen LogP contribution in [-0.4, -0.2) is 79.0 Å². The number of benzene rings is 1. The van der Waals surface area contributed by atoms with Crippen molar-refractivity contribution in [1.82, 2.24) is 14.7 Å². The van der Waals surface area contributed by atoms with E-state index in [1.54, 1.807) is 0 Å². The number of amides is 1. The van der Waals surface area contributed by atoms with Crippen LogP contribution in [-0.2, 0) is 4.79 Å². The van der Waals surface area contributed by atoms with Crippen LogP contribution in [0.25, 0.3) is 0 Å². The highest BCUT2D eigenvalue weighted by Gasteiger charge is 2.38. The van der Waals surface area contributed by atoms with Gasteiger partial charge in [0.05, 0.1) is 6.04 Å². The van der Waals surface area contributed by atoms with E-state index in [-0.39, 0.29) is 11.9 Å². The highest BCUT2D eigenvalue weighted by Crippen LogP contribution is 2.33. The molecule has 2 saturated heterocycles. The van der Waals surface area contributed by atoms with Gasteiger partial charge in [-0.25, -0.2) is 0 Å². The predicted molar refractivity (Wildman–Crippen MR) is 101 cm³/mol. The SMILES string of the molecule is CCN1CCN(C(=O)C(C)N2C[C@@H](CN)[C@H](c3ccccc3)C2)CC1. The molecule has 0 aromatic heterocycles. The second kappa shape index (κ2) is 8.30. The maximum Gasteiger partial charge on any atom is 0.239 e. The van der Waals surface area contributed by atoms with Gasteiger partial charge in [-0.2, -0.15) is 0 Å². The Kier molecular flexibility index (Phi) is 6.10. The van der Waals surface area contributed by atoms with Crippen LogP contribution in [0.2, 0.25) is 0 Å². The van der Waals surface area contributed by atoms with Crippen molar-refractivity contribution in [3.8, 4) is 0 Å². The second-order valence-electron chi connectivity index (χ2n) is 7.40. The molecule has 2 N–H and O–H groups in total. The fourth-order valence-electron chi connectivity index (χ4n) is 4.24. The van der Waals surface area contributed by atoms with Crippen molar-refractivity contribution in [3.05, 3.63) is 35.9 Å². The van der Waals surface area contributed by atoms with Crippen molar-refractivity contribution < 1.29 is 4.79 Å².